The SMILES string of the molecule is CO[C@H]1/C=C/O[C@@]2(C)Oc3c(C)c(O)c4c(c3C2=O)C(=O)C(Nc2cc(C)cc(C)c2)=C(NC(=O)/C(C)=C\C=C\[C@H](C)[C@H](O)[C@@H](C)[C@H](O)[C@H](C)[C@H](OC(C)=O)[C@@H]1C)C4=O. The molecule has 0 fully saturated rings. The molecule has 1 amide bonds. The van der Waals surface area contributed by atoms with Gasteiger partial charge in [-0.3, -0.25) is 24.0 Å². The van der Waals surface area contributed by atoms with Gasteiger partial charge in [0.1, 0.15) is 29.0 Å². The molecule has 4 aliphatic rings. The predicted molar refractivity (Wildman–Crippen MR) is 218 cm³/mol. The third-order valence-electron chi connectivity index (χ3n) is 11.4. The number of allylic oxidation sites excluding steroid dienone is 4. The Morgan fingerprint density at radius 3 is 2.12 bits per heavy atom. The molecule has 5 bridgehead atoms. The number of hydrogen-bond acceptors (Lipinski definition) is 13. The number of aliphatic hydroxyl groups excluding tert-OH is 2. The van der Waals surface area contributed by atoms with E-state index in [0.29, 0.717) is 5.69 Å². The van der Waals surface area contributed by atoms with Crippen LogP contribution in [0.25, 0.3) is 0 Å². The summed E-state index contributed by atoms with van der Waals surface area (Å²) in [5.74, 6) is -9.40. The first-order valence-electron chi connectivity index (χ1n) is 19.5. The number of phenolic OH excluding ortho intramolecular Hbond substituents is 1. The fourth-order valence-corrected chi connectivity index (χ4v) is 8.00. The zero-order valence-electron chi connectivity index (χ0n) is 35.3. The minimum absolute atomic E-state index is 0.0154. The maximum atomic E-state index is 14.7. The Balaban J connectivity index is 1.69. The van der Waals surface area contributed by atoms with Crippen molar-refractivity contribution in [2.24, 2.45) is 23.7 Å². The maximum Gasteiger partial charge on any atom is 0.312 e. The maximum absolute atomic E-state index is 14.7. The van der Waals surface area contributed by atoms with Crippen molar-refractivity contribution in [3.63, 3.8) is 0 Å². The summed E-state index contributed by atoms with van der Waals surface area (Å²) in [7, 11) is 1.42. The molecule has 3 heterocycles. The topological polar surface area (TPSA) is 207 Å². The van der Waals surface area contributed by atoms with Crippen LogP contribution in [-0.2, 0) is 23.8 Å². The minimum atomic E-state index is -2.10. The number of carbonyl (C=O) groups is 5. The molecule has 1 aliphatic carbocycles. The number of carbonyl (C=O) groups excluding carboxylic acids is 5. The molecule has 14 heteroatoms. The zero-order valence-corrected chi connectivity index (χ0v) is 35.3. The summed E-state index contributed by atoms with van der Waals surface area (Å²) in [6.45, 7) is 16.0. The smallest absolute Gasteiger partial charge is 0.312 e. The summed E-state index contributed by atoms with van der Waals surface area (Å²) in [6, 6.07) is 5.39. The normalized spacial score (nSPS) is 31.1. The molecule has 2 aromatic rings. The lowest BCUT2D eigenvalue weighted by atomic mass is 9.78. The number of aliphatic hydroxyl groups is 2. The highest BCUT2D eigenvalue weighted by Gasteiger charge is 2.53. The Morgan fingerprint density at radius 2 is 1.51 bits per heavy atom. The number of fused-ring (bicyclic) bond motifs is 14. The molecular weight excluding hydrogens is 760 g/mol. The van der Waals surface area contributed by atoms with Crippen LogP contribution < -0.4 is 15.4 Å². The highest BCUT2D eigenvalue weighted by atomic mass is 16.7. The van der Waals surface area contributed by atoms with Crippen LogP contribution in [0.5, 0.6) is 11.5 Å². The number of aryl methyl sites for hydroxylation is 2. The van der Waals surface area contributed by atoms with Crippen molar-refractivity contribution >= 4 is 34.9 Å². The first-order chi connectivity index (χ1) is 27.6. The molecule has 9 atom stereocenters. The predicted octanol–water partition coefficient (Wildman–Crippen LogP) is 5.69. The number of ether oxygens (including phenoxy) is 4. The van der Waals surface area contributed by atoms with Crippen molar-refractivity contribution in [3.05, 3.63) is 99.1 Å². The summed E-state index contributed by atoms with van der Waals surface area (Å²) in [5, 5.41) is 40.0. The first kappa shape index (κ1) is 44.5. The van der Waals surface area contributed by atoms with Gasteiger partial charge in [-0.1, -0.05) is 52.0 Å². The van der Waals surface area contributed by atoms with E-state index < -0.39 is 106 Å². The van der Waals surface area contributed by atoms with Crippen LogP contribution in [0.2, 0.25) is 0 Å². The van der Waals surface area contributed by atoms with Gasteiger partial charge in [0.05, 0.1) is 41.3 Å². The third kappa shape index (κ3) is 8.61. The number of esters is 1. The van der Waals surface area contributed by atoms with Crippen molar-refractivity contribution in [2.45, 2.75) is 99.4 Å². The van der Waals surface area contributed by atoms with Crippen LogP contribution in [0.1, 0.15) is 96.2 Å². The Labute approximate surface area is 343 Å². The number of Topliss-reactive ketones (excluding diaryl/α,β-unsaturated/α-hetero) is 3. The molecule has 6 rings (SSSR count). The van der Waals surface area contributed by atoms with Gasteiger partial charge >= 0.3 is 11.8 Å². The molecule has 59 heavy (non-hydrogen) atoms. The number of ketones is 3. The van der Waals surface area contributed by atoms with Gasteiger partial charge in [-0.05, 0) is 57.0 Å². The second-order valence-electron chi connectivity index (χ2n) is 16.0. The number of phenols is 1. The van der Waals surface area contributed by atoms with Gasteiger partial charge in [-0.25, -0.2) is 0 Å². The average molecular weight is 815 g/mol. The van der Waals surface area contributed by atoms with Crippen LogP contribution in [0.15, 0.2) is 65.7 Å². The lowest BCUT2D eigenvalue weighted by Gasteiger charge is -2.38. The van der Waals surface area contributed by atoms with E-state index >= 15 is 0 Å². The third-order valence-corrected chi connectivity index (χ3v) is 11.4. The number of nitrogens with one attached hydrogen (secondary N) is 2. The van der Waals surface area contributed by atoms with Crippen molar-refractivity contribution in [1.82, 2.24) is 5.32 Å². The van der Waals surface area contributed by atoms with Crippen molar-refractivity contribution in [3.8, 4) is 11.5 Å². The van der Waals surface area contributed by atoms with E-state index in [1.807, 2.05) is 19.9 Å². The number of amides is 1. The van der Waals surface area contributed by atoms with Crippen LogP contribution in [0.3, 0.4) is 0 Å². The molecule has 0 saturated carbocycles. The van der Waals surface area contributed by atoms with E-state index in [-0.39, 0.29) is 28.1 Å². The van der Waals surface area contributed by atoms with Gasteiger partial charge < -0.3 is 44.9 Å². The molecule has 5 N–H and O–H groups in total. The largest absolute Gasteiger partial charge is 0.507 e. The number of rotatable bonds is 4. The molecule has 0 unspecified atom stereocenters. The van der Waals surface area contributed by atoms with Crippen molar-refractivity contribution in [2.75, 3.05) is 12.4 Å². The average Bonchev–Trinajstić information content (AvgIpc) is 3.44. The molecule has 0 radical (unpaired) electrons. The summed E-state index contributed by atoms with van der Waals surface area (Å²) in [5.41, 5.74) is 0.214. The quantitative estimate of drug-likeness (QED) is 0.236. The number of anilines is 1. The van der Waals surface area contributed by atoms with E-state index in [2.05, 4.69) is 10.6 Å². The Morgan fingerprint density at radius 1 is 0.864 bits per heavy atom. The number of aromatic hydroxyl groups is 1. The monoisotopic (exact) mass is 814 g/mol. The lowest BCUT2D eigenvalue weighted by molar-refractivity contribution is -0.160. The van der Waals surface area contributed by atoms with E-state index in [1.165, 1.54) is 53.2 Å². The number of hydrogen-bond donors (Lipinski definition) is 5. The number of benzene rings is 2. The first-order valence-corrected chi connectivity index (χ1v) is 19.5. The number of methoxy groups -OCH3 is 1. The van der Waals surface area contributed by atoms with Gasteiger partial charge in [-0.2, -0.15) is 0 Å². The van der Waals surface area contributed by atoms with Crippen LogP contribution in [0.4, 0.5) is 5.69 Å². The van der Waals surface area contributed by atoms with Gasteiger partial charge in [0.2, 0.25) is 11.6 Å². The highest BCUT2D eigenvalue weighted by Crippen LogP contribution is 2.48. The molecule has 0 aromatic heterocycles. The summed E-state index contributed by atoms with van der Waals surface area (Å²) >= 11 is 0. The van der Waals surface area contributed by atoms with E-state index in [9.17, 15) is 39.3 Å². The summed E-state index contributed by atoms with van der Waals surface area (Å²) < 4.78 is 23.5. The fourth-order valence-electron chi connectivity index (χ4n) is 8.00. The van der Waals surface area contributed by atoms with Gasteiger partial charge in [-0.15, -0.1) is 0 Å². The van der Waals surface area contributed by atoms with Crippen LogP contribution >= 0.6 is 0 Å². The lowest BCUT2D eigenvalue weighted by Crippen LogP contribution is -2.46. The summed E-state index contributed by atoms with van der Waals surface area (Å²) in [6.07, 6.45) is 3.36. The second-order valence-corrected chi connectivity index (χ2v) is 16.0. The van der Waals surface area contributed by atoms with E-state index in [4.69, 9.17) is 18.9 Å². The van der Waals surface area contributed by atoms with Crippen LogP contribution in [-0.4, -0.2) is 81.9 Å². The van der Waals surface area contributed by atoms with E-state index in [0.717, 1.165) is 11.1 Å². The Bertz CT molecular complexity index is 2180. The standard InChI is InChI=1S/C45H54N2O12/c1-20-17-21(2)19-29(18-20)46-34-35-40(53)32-31(39(34)52)33-42(27(8)38(32)51)59-45(10,43(33)54)57-16-15-30(56-11)24(5)41(58-28(9)48)26(7)37(50)25(6)36(49)22(3)13-12-14-23(4)44(55)47-35/h12-19,22,24-26,30,36-37,41,46,49-51H,1-11H3,(H,47,55)/b13-12+,16-15+,23-14-/t22-,24+,25+,26-,30-,36-,37-,41+,45-/m0/s1. The second kappa shape index (κ2) is 17.3. The highest BCUT2D eigenvalue weighted by molar-refractivity contribution is 6.33. The molecule has 0 saturated heterocycles. The van der Waals surface area contributed by atoms with E-state index in [1.54, 1.807) is 52.0 Å². The summed E-state index contributed by atoms with van der Waals surface area (Å²) in [4.78, 5) is 69.7. The van der Waals surface area contributed by atoms with Gasteiger partial charge in [0, 0.05) is 61.5 Å². The fraction of sp³-hybridized carbons (Fsp3) is 0.444. The van der Waals surface area contributed by atoms with Gasteiger partial charge in [0.15, 0.2) is 0 Å². The van der Waals surface area contributed by atoms with Crippen molar-refractivity contribution in [1.29, 1.82) is 0 Å². The molecular formula is C45H54N2O12. The molecule has 2 aromatic carbocycles. The molecule has 0 spiro atoms. The van der Waals surface area contributed by atoms with Crippen LogP contribution in [0, 0.1) is 44.4 Å². The molecule has 316 valence electrons. The Hall–Kier alpha value is -5.57. The van der Waals surface area contributed by atoms with Gasteiger partial charge in [0.25, 0.3) is 11.7 Å². The Kier molecular flexibility index (Phi) is 13.1. The molecule has 14 nitrogen and oxygen atoms in total. The minimum Gasteiger partial charge on any atom is -0.507 e. The van der Waals surface area contributed by atoms with Crippen molar-refractivity contribution < 1.29 is 58.2 Å². The molecule has 3 aliphatic heterocycles. The zero-order chi connectivity index (χ0) is 43.8.